The van der Waals surface area contributed by atoms with Crippen LogP contribution in [0.1, 0.15) is 32.6 Å². The van der Waals surface area contributed by atoms with Gasteiger partial charge in [-0.3, -0.25) is 14.5 Å². The standard InChI is InChI=1S/C17H32N4O3/c1-2-3-4-15(12-18)19-17(23)14-11-16(22)21(13-14)6-5-20-7-9-24-10-8-20/h14-15H,2-13,18H2,1H3,(H,19,23). The second kappa shape index (κ2) is 9.96. The van der Waals surface area contributed by atoms with Gasteiger partial charge in [0, 0.05) is 51.7 Å². The van der Waals surface area contributed by atoms with E-state index in [1.165, 1.54) is 0 Å². The molecule has 3 N–H and O–H groups in total. The minimum atomic E-state index is -0.238. The molecule has 2 atom stereocenters. The molecule has 2 aliphatic rings. The van der Waals surface area contributed by atoms with Crippen molar-refractivity contribution in [2.24, 2.45) is 11.7 Å². The minimum absolute atomic E-state index is 0.0231. The summed E-state index contributed by atoms with van der Waals surface area (Å²) in [4.78, 5) is 28.7. The van der Waals surface area contributed by atoms with E-state index < -0.39 is 0 Å². The Kier molecular flexibility index (Phi) is 7.94. The number of unbranched alkanes of at least 4 members (excludes halogenated alkanes) is 1. The predicted molar refractivity (Wildman–Crippen MR) is 92.5 cm³/mol. The smallest absolute Gasteiger partial charge is 0.225 e. The van der Waals surface area contributed by atoms with Crippen molar-refractivity contribution >= 4 is 11.8 Å². The van der Waals surface area contributed by atoms with Crippen molar-refractivity contribution in [3.63, 3.8) is 0 Å². The first-order chi connectivity index (χ1) is 11.6. The molecule has 24 heavy (non-hydrogen) atoms. The zero-order valence-corrected chi connectivity index (χ0v) is 14.8. The Hall–Kier alpha value is -1.18. The third-order valence-corrected chi connectivity index (χ3v) is 4.91. The number of carbonyl (C=O) groups excluding carboxylic acids is 2. The molecule has 0 radical (unpaired) electrons. The maximum atomic E-state index is 12.4. The van der Waals surface area contributed by atoms with E-state index in [4.69, 9.17) is 10.5 Å². The van der Waals surface area contributed by atoms with Gasteiger partial charge in [-0.05, 0) is 6.42 Å². The summed E-state index contributed by atoms with van der Waals surface area (Å²) in [6.45, 7) is 8.01. The van der Waals surface area contributed by atoms with Crippen LogP contribution in [0.2, 0.25) is 0 Å². The minimum Gasteiger partial charge on any atom is -0.379 e. The number of rotatable bonds is 9. The molecule has 0 spiro atoms. The zero-order valence-electron chi connectivity index (χ0n) is 14.8. The maximum Gasteiger partial charge on any atom is 0.225 e. The summed E-state index contributed by atoms with van der Waals surface area (Å²) in [5, 5.41) is 3.02. The van der Waals surface area contributed by atoms with Gasteiger partial charge in [-0.25, -0.2) is 0 Å². The van der Waals surface area contributed by atoms with E-state index >= 15 is 0 Å². The van der Waals surface area contributed by atoms with E-state index in [-0.39, 0.29) is 23.8 Å². The molecule has 0 saturated carbocycles. The van der Waals surface area contributed by atoms with Crippen molar-refractivity contribution in [2.45, 2.75) is 38.6 Å². The Balaban J connectivity index is 1.74. The summed E-state index contributed by atoms with van der Waals surface area (Å²) in [5.41, 5.74) is 5.74. The summed E-state index contributed by atoms with van der Waals surface area (Å²) in [5.74, 6) is -0.178. The van der Waals surface area contributed by atoms with Gasteiger partial charge in [0.1, 0.15) is 0 Å². The summed E-state index contributed by atoms with van der Waals surface area (Å²) in [6.07, 6.45) is 3.36. The molecular formula is C17H32N4O3. The molecule has 138 valence electrons. The van der Waals surface area contributed by atoms with E-state index in [1.54, 1.807) is 0 Å². The molecule has 0 aromatic rings. The summed E-state index contributed by atoms with van der Waals surface area (Å²) in [6, 6.07) is 0.0231. The van der Waals surface area contributed by atoms with Crippen LogP contribution in [0.3, 0.4) is 0 Å². The molecule has 0 aliphatic carbocycles. The van der Waals surface area contributed by atoms with Gasteiger partial charge in [-0.15, -0.1) is 0 Å². The number of hydrogen-bond donors (Lipinski definition) is 2. The number of nitrogens with two attached hydrogens (primary N) is 1. The van der Waals surface area contributed by atoms with Crippen LogP contribution in [-0.2, 0) is 14.3 Å². The summed E-state index contributed by atoms with van der Waals surface area (Å²) in [7, 11) is 0. The number of nitrogens with one attached hydrogen (secondary N) is 1. The van der Waals surface area contributed by atoms with E-state index in [2.05, 4.69) is 17.1 Å². The highest BCUT2D eigenvalue weighted by Gasteiger charge is 2.34. The quantitative estimate of drug-likeness (QED) is 0.607. The van der Waals surface area contributed by atoms with E-state index in [9.17, 15) is 9.59 Å². The molecule has 2 unspecified atom stereocenters. The highest BCUT2D eigenvalue weighted by molar-refractivity contribution is 5.89. The summed E-state index contributed by atoms with van der Waals surface area (Å²) >= 11 is 0. The molecule has 2 saturated heterocycles. The molecule has 0 aromatic carbocycles. The van der Waals surface area contributed by atoms with Crippen molar-refractivity contribution in [2.75, 3.05) is 52.5 Å². The highest BCUT2D eigenvalue weighted by atomic mass is 16.5. The molecule has 2 amide bonds. The first kappa shape index (κ1) is 19.1. The Bertz CT molecular complexity index is 413. The molecule has 0 aromatic heterocycles. The molecule has 2 aliphatic heterocycles. The number of carbonyl (C=O) groups is 2. The predicted octanol–water partition coefficient (Wildman–Crippen LogP) is -0.199. The number of morpholine rings is 1. The number of amides is 2. The molecule has 0 bridgehead atoms. The van der Waals surface area contributed by atoms with E-state index in [1.807, 2.05) is 4.90 Å². The van der Waals surface area contributed by atoms with Crippen LogP contribution in [0.4, 0.5) is 0 Å². The van der Waals surface area contributed by atoms with Crippen LogP contribution in [0.25, 0.3) is 0 Å². The first-order valence-electron chi connectivity index (χ1n) is 9.22. The average molecular weight is 340 g/mol. The second-order valence-corrected chi connectivity index (χ2v) is 6.78. The maximum absolute atomic E-state index is 12.4. The Morgan fingerprint density at radius 3 is 2.79 bits per heavy atom. The van der Waals surface area contributed by atoms with Crippen molar-refractivity contribution in [1.29, 1.82) is 0 Å². The van der Waals surface area contributed by atoms with E-state index in [0.29, 0.717) is 26.1 Å². The van der Waals surface area contributed by atoms with Crippen molar-refractivity contribution in [1.82, 2.24) is 15.1 Å². The van der Waals surface area contributed by atoms with Gasteiger partial charge in [0.2, 0.25) is 11.8 Å². The molecule has 7 heteroatoms. The van der Waals surface area contributed by atoms with Crippen molar-refractivity contribution in [3.05, 3.63) is 0 Å². The number of ether oxygens (including phenoxy) is 1. The summed E-state index contributed by atoms with van der Waals surface area (Å²) < 4.78 is 5.33. The van der Waals surface area contributed by atoms with Crippen molar-refractivity contribution < 1.29 is 14.3 Å². The fourth-order valence-electron chi connectivity index (χ4n) is 3.27. The molecular weight excluding hydrogens is 308 g/mol. The van der Waals surface area contributed by atoms with Gasteiger partial charge >= 0.3 is 0 Å². The zero-order chi connectivity index (χ0) is 17.4. The van der Waals surface area contributed by atoms with Gasteiger partial charge in [0.15, 0.2) is 0 Å². The first-order valence-corrected chi connectivity index (χ1v) is 9.22. The lowest BCUT2D eigenvalue weighted by Gasteiger charge is -2.28. The topological polar surface area (TPSA) is 87.9 Å². The van der Waals surface area contributed by atoms with Crippen LogP contribution in [-0.4, -0.2) is 80.1 Å². The number of nitrogens with zero attached hydrogens (tertiary/aromatic N) is 2. The van der Waals surface area contributed by atoms with Crippen LogP contribution >= 0.6 is 0 Å². The SMILES string of the molecule is CCCCC(CN)NC(=O)C1CC(=O)N(CCN2CCOCC2)C1. The Labute approximate surface area is 144 Å². The number of likely N-dealkylation sites (tertiary alicyclic amines) is 1. The molecule has 7 nitrogen and oxygen atoms in total. The lowest BCUT2D eigenvalue weighted by molar-refractivity contribution is -0.129. The van der Waals surface area contributed by atoms with Gasteiger partial charge in [-0.1, -0.05) is 19.8 Å². The van der Waals surface area contributed by atoms with Crippen LogP contribution in [0.5, 0.6) is 0 Å². The average Bonchev–Trinajstić information content (AvgIpc) is 2.98. The lowest BCUT2D eigenvalue weighted by atomic mass is 10.1. The lowest BCUT2D eigenvalue weighted by Crippen LogP contribution is -2.44. The normalized spacial score (nSPS) is 23.5. The van der Waals surface area contributed by atoms with Crippen LogP contribution < -0.4 is 11.1 Å². The number of hydrogen-bond acceptors (Lipinski definition) is 5. The van der Waals surface area contributed by atoms with Crippen molar-refractivity contribution in [3.8, 4) is 0 Å². The largest absolute Gasteiger partial charge is 0.379 e. The van der Waals surface area contributed by atoms with Crippen LogP contribution in [0, 0.1) is 5.92 Å². The second-order valence-electron chi connectivity index (χ2n) is 6.78. The molecule has 2 rings (SSSR count). The third-order valence-electron chi connectivity index (χ3n) is 4.91. The fourth-order valence-corrected chi connectivity index (χ4v) is 3.27. The molecule has 2 heterocycles. The fraction of sp³-hybridized carbons (Fsp3) is 0.882. The van der Waals surface area contributed by atoms with Gasteiger partial charge in [0.25, 0.3) is 0 Å². The van der Waals surface area contributed by atoms with Crippen LogP contribution in [0.15, 0.2) is 0 Å². The molecule has 2 fully saturated rings. The Morgan fingerprint density at radius 1 is 1.38 bits per heavy atom. The van der Waals surface area contributed by atoms with Gasteiger partial charge in [0.05, 0.1) is 19.1 Å². The van der Waals surface area contributed by atoms with E-state index in [0.717, 1.165) is 52.1 Å². The van der Waals surface area contributed by atoms with Gasteiger partial charge in [-0.2, -0.15) is 0 Å². The van der Waals surface area contributed by atoms with Gasteiger partial charge < -0.3 is 20.7 Å². The Morgan fingerprint density at radius 2 is 2.12 bits per heavy atom. The monoisotopic (exact) mass is 340 g/mol. The third kappa shape index (κ3) is 5.72. The highest BCUT2D eigenvalue weighted by Crippen LogP contribution is 2.18.